The summed E-state index contributed by atoms with van der Waals surface area (Å²) in [6.07, 6.45) is 0. The zero-order valence-corrected chi connectivity index (χ0v) is 14.3. The van der Waals surface area contributed by atoms with Crippen LogP contribution in [0.5, 0.6) is 5.75 Å². The fourth-order valence-electron chi connectivity index (χ4n) is 1.97. The van der Waals surface area contributed by atoms with Crippen molar-refractivity contribution in [3.63, 3.8) is 0 Å². The lowest BCUT2D eigenvalue weighted by atomic mass is 10.2. The number of ether oxygens (including phenoxy) is 1. The third-order valence-electron chi connectivity index (χ3n) is 3.02. The molecule has 2 aromatic rings. The Morgan fingerprint density at radius 2 is 1.74 bits per heavy atom. The number of hydrogen-bond acceptors (Lipinski definition) is 6. The minimum absolute atomic E-state index is 0.141. The van der Waals surface area contributed by atoms with Gasteiger partial charge in [-0.15, -0.1) is 10.2 Å². The topological polar surface area (TPSA) is 93.2 Å². The molecule has 0 aliphatic heterocycles. The number of rotatable bonds is 6. The number of hydrogen-bond donors (Lipinski definition) is 2. The number of aryl methyl sites for hydroxylation is 1. The van der Waals surface area contributed by atoms with Crippen molar-refractivity contribution in [2.45, 2.75) is 31.7 Å². The molecule has 7 nitrogen and oxygen atoms in total. The van der Waals surface area contributed by atoms with Crippen LogP contribution in [0, 0.1) is 6.92 Å². The van der Waals surface area contributed by atoms with Crippen molar-refractivity contribution < 1.29 is 13.2 Å². The predicted octanol–water partition coefficient (Wildman–Crippen LogP) is 2.41. The van der Waals surface area contributed by atoms with Gasteiger partial charge in [-0.05, 0) is 56.7 Å². The minimum atomic E-state index is -3.73. The third kappa shape index (κ3) is 4.32. The van der Waals surface area contributed by atoms with Crippen LogP contribution < -0.4 is 14.8 Å². The molecular formula is C15H20N4O3S. The van der Waals surface area contributed by atoms with Crippen LogP contribution in [0.1, 0.15) is 19.4 Å². The Balaban J connectivity index is 2.19. The molecule has 0 amide bonds. The zero-order valence-electron chi connectivity index (χ0n) is 13.5. The van der Waals surface area contributed by atoms with E-state index >= 15 is 0 Å². The van der Waals surface area contributed by atoms with Crippen LogP contribution in [-0.2, 0) is 10.0 Å². The van der Waals surface area contributed by atoms with Gasteiger partial charge >= 0.3 is 0 Å². The number of anilines is 2. The molecule has 0 unspecified atom stereocenters. The van der Waals surface area contributed by atoms with Crippen molar-refractivity contribution in [2.75, 3.05) is 17.1 Å². The molecule has 1 aromatic carbocycles. The van der Waals surface area contributed by atoms with Crippen LogP contribution in [0.3, 0.4) is 0 Å². The molecule has 0 fully saturated rings. The molecule has 2 N–H and O–H groups in total. The highest BCUT2D eigenvalue weighted by Gasteiger charge is 2.16. The highest BCUT2D eigenvalue weighted by atomic mass is 32.2. The molecule has 0 bridgehead atoms. The van der Waals surface area contributed by atoms with Crippen LogP contribution in [0.25, 0.3) is 0 Å². The SMILES string of the molecule is COc1ccc(S(=O)(=O)Nc2ccc(NC(C)C)nn2)cc1C. The summed E-state index contributed by atoms with van der Waals surface area (Å²) in [5, 5.41) is 10.9. The lowest BCUT2D eigenvalue weighted by molar-refractivity contribution is 0.411. The van der Waals surface area contributed by atoms with Crippen LogP contribution in [0.15, 0.2) is 35.2 Å². The Morgan fingerprint density at radius 3 is 2.26 bits per heavy atom. The van der Waals surface area contributed by atoms with Crippen LogP contribution >= 0.6 is 0 Å². The van der Waals surface area contributed by atoms with Gasteiger partial charge in [0.1, 0.15) is 11.6 Å². The van der Waals surface area contributed by atoms with Crippen molar-refractivity contribution >= 4 is 21.7 Å². The summed E-state index contributed by atoms with van der Waals surface area (Å²) in [5.74, 6) is 1.38. The number of sulfonamides is 1. The summed E-state index contributed by atoms with van der Waals surface area (Å²) in [7, 11) is -2.19. The van der Waals surface area contributed by atoms with Gasteiger partial charge in [0.15, 0.2) is 5.82 Å². The first-order valence-electron chi connectivity index (χ1n) is 7.09. The summed E-state index contributed by atoms with van der Waals surface area (Å²) in [6.45, 7) is 5.73. The number of nitrogens with one attached hydrogen (secondary N) is 2. The lowest BCUT2D eigenvalue weighted by Crippen LogP contribution is -2.16. The van der Waals surface area contributed by atoms with Crippen molar-refractivity contribution in [1.82, 2.24) is 10.2 Å². The first kappa shape index (κ1) is 17.0. The molecule has 0 saturated heterocycles. The first-order valence-corrected chi connectivity index (χ1v) is 8.58. The Kier molecular flexibility index (Phi) is 5.05. The average Bonchev–Trinajstić information content (AvgIpc) is 2.48. The van der Waals surface area contributed by atoms with Crippen molar-refractivity contribution in [3.8, 4) is 5.75 Å². The zero-order chi connectivity index (χ0) is 17.0. The molecule has 0 aliphatic rings. The van der Waals surface area contributed by atoms with E-state index < -0.39 is 10.0 Å². The first-order chi connectivity index (χ1) is 10.8. The summed E-state index contributed by atoms with van der Waals surface area (Å²) >= 11 is 0. The van der Waals surface area contributed by atoms with E-state index in [9.17, 15) is 8.42 Å². The van der Waals surface area contributed by atoms with Gasteiger partial charge in [-0.2, -0.15) is 0 Å². The van der Waals surface area contributed by atoms with E-state index in [4.69, 9.17) is 4.74 Å². The van der Waals surface area contributed by atoms with Crippen LogP contribution in [-0.4, -0.2) is 31.8 Å². The molecule has 23 heavy (non-hydrogen) atoms. The fourth-order valence-corrected chi connectivity index (χ4v) is 3.06. The van der Waals surface area contributed by atoms with Crippen LogP contribution in [0.4, 0.5) is 11.6 Å². The second-order valence-electron chi connectivity index (χ2n) is 5.34. The van der Waals surface area contributed by atoms with Crippen molar-refractivity contribution in [2.24, 2.45) is 0 Å². The second-order valence-corrected chi connectivity index (χ2v) is 7.02. The van der Waals surface area contributed by atoms with Gasteiger partial charge in [-0.1, -0.05) is 0 Å². The molecule has 124 valence electrons. The molecule has 0 saturated carbocycles. The highest BCUT2D eigenvalue weighted by Crippen LogP contribution is 2.22. The Morgan fingerprint density at radius 1 is 1.09 bits per heavy atom. The largest absolute Gasteiger partial charge is 0.496 e. The van der Waals surface area contributed by atoms with Gasteiger partial charge in [-0.3, -0.25) is 4.72 Å². The minimum Gasteiger partial charge on any atom is -0.496 e. The van der Waals surface area contributed by atoms with E-state index in [0.717, 1.165) is 5.56 Å². The van der Waals surface area contributed by atoms with Crippen LogP contribution in [0.2, 0.25) is 0 Å². The van der Waals surface area contributed by atoms with E-state index in [1.54, 1.807) is 31.2 Å². The number of nitrogens with zero attached hydrogens (tertiary/aromatic N) is 2. The smallest absolute Gasteiger partial charge is 0.263 e. The molecule has 8 heteroatoms. The number of aromatic nitrogens is 2. The van der Waals surface area contributed by atoms with Crippen molar-refractivity contribution in [1.29, 1.82) is 0 Å². The van der Waals surface area contributed by atoms with Gasteiger partial charge < -0.3 is 10.1 Å². The Bertz CT molecular complexity index is 774. The van der Waals surface area contributed by atoms with Gasteiger partial charge in [0.25, 0.3) is 10.0 Å². The van der Waals surface area contributed by atoms with E-state index in [2.05, 4.69) is 20.2 Å². The van der Waals surface area contributed by atoms with E-state index in [1.807, 2.05) is 13.8 Å². The second kappa shape index (κ2) is 6.82. The lowest BCUT2D eigenvalue weighted by Gasteiger charge is -2.11. The van der Waals surface area contributed by atoms with E-state index in [-0.39, 0.29) is 16.8 Å². The average molecular weight is 336 g/mol. The molecule has 0 atom stereocenters. The van der Waals surface area contributed by atoms with Crippen molar-refractivity contribution in [3.05, 3.63) is 35.9 Å². The number of benzene rings is 1. The molecular weight excluding hydrogens is 316 g/mol. The van der Waals surface area contributed by atoms with Gasteiger partial charge in [-0.25, -0.2) is 8.42 Å². The number of methoxy groups -OCH3 is 1. The standard InChI is InChI=1S/C15H20N4O3S/c1-10(2)16-14-7-8-15(18-17-14)19-23(20,21)12-5-6-13(22-4)11(3)9-12/h5-10H,1-4H3,(H,16,17)(H,18,19). The maximum Gasteiger partial charge on any atom is 0.263 e. The molecule has 0 radical (unpaired) electrons. The van der Waals surface area contributed by atoms with Gasteiger partial charge in [0.2, 0.25) is 0 Å². The monoisotopic (exact) mass is 336 g/mol. The predicted molar refractivity (Wildman–Crippen MR) is 89.3 cm³/mol. The summed E-state index contributed by atoms with van der Waals surface area (Å²) in [4.78, 5) is 0.141. The molecule has 1 aromatic heterocycles. The molecule has 0 aliphatic carbocycles. The maximum absolute atomic E-state index is 12.4. The fraction of sp³-hybridized carbons (Fsp3) is 0.333. The molecule has 1 heterocycles. The molecule has 2 rings (SSSR count). The van der Waals surface area contributed by atoms with Gasteiger partial charge in [0.05, 0.1) is 12.0 Å². The highest BCUT2D eigenvalue weighted by molar-refractivity contribution is 7.92. The molecule has 0 spiro atoms. The Hall–Kier alpha value is -2.35. The normalized spacial score (nSPS) is 11.3. The summed E-state index contributed by atoms with van der Waals surface area (Å²) in [6, 6.07) is 8.09. The Labute approximate surface area is 136 Å². The third-order valence-corrected chi connectivity index (χ3v) is 4.37. The van der Waals surface area contributed by atoms with Gasteiger partial charge in [0, 0.05) is 6.04 Å². The van der Waals surface area contributed by atoms with E-state index in [0.29, 0.717) is 11.6 Å². The van der Waals surface area contributed by atoms with E-state index in [1.165, 1.54) is 13.2 Å². The summed E-state index contributed by atoms with van der Waals surface area (Å²) < 4.78 is 32.3. The summed E-state index contributed by atoms with van der Waals surface area (Å²) in [5.41, 5.74) is 0.734. The quantitative estimate of drug-likeness (QED) is 0.841. The maximum atomic E-state index is 12.4.